The summed E-state index contributed by atoms with van der Waals surface area (Å²) in [5, 5.41) is 7.76. The van der Waals surface area contributed by atoms with Gasteiger partial charge in [0, 0.05) is 12.7 Å². The molecule has 0 radical (unpaired) electrons. The van der Waals surface area contributed by atoms with Gasteiger partial charge in [0.25, 0.3) is 0 Å². The average molecular weight is 205 g/mol. The number of allylic oxidation sites excluding steroid dienone is 1. The molecule has 0 aliphatic carbocycles. The molecule has 0 atom stereocenters. The predicted molar refractivity (Wildman–Crippen MR) is 61.9 cm³/mol. The van der Waals surface area contributed by atoms with Crippen LogP contribution >= 0.6 is 0 Å². The number of rotatable bonds is 4. The van der Waals surface area contributed by atoms with E-state index in [1.54, 1.807) is 0 Å². The fourth-order valence-corrected chi connectivity index (χ4v) is 2.09. The molecule has 1 aliphatic heterocycles. The van der Waals surface area contributed by atoms with Crippen molar-refractivity contribution < 1.29 is 0 Å². The first-order chi connectivity index (χ1) is 7.40. The molecular weight excluding hydrogens is 186 g/mol. The third-order valence-electron chi connectivity index (χ3n) is 3.03. The van der Waals surface area contributed by atoms with E-state index in [1.165, 1.54) is 18.4 Å². The molecule has 0 bridgehead atoms. The van der Waals surface area contributed by atoms with E-state index in [9.17, 15) is 0 Å². The lowest BCUT2D eigenvalue weighted by atomic mass is 9.93. The fourth-order valence-electron chi connectivity index (χ4n) is 2.09. The molecule has 1 N–H and O–H groups in total. The van der Waals surface area contributed by atoms with Gasteiger partial charge in [-0.2, -0.15) is 5.10 Å². The van der Waals surface area contributed by atoms with E-state index in [1.807, 2.05) is 17.0 Å². The summed E-state index contributed by atoms with van der Waals surface area (Å²) < 4.78 is 2.03. The van der Waals surface area contributed by atoms with Gasteiger partial charge in [-0.05, 0) is 43.8 Å². The standard InChI is InChI=1S/C12H19N3/c1-2-3-8-15-10-12(9-14-15)11-4-6-13-7-5-11/h2,9-11,13H,1,3-8H2. The van der Waals surface area contributed by atoms with E-state index in [-0.39, 0.29) is 0 Å². The number of hydrogen-bond acceptors (Lipinski definition) is 2. The summed E-state index contributed by atoms with van der Waals surface area (Å²) in [5.41, 5.74) is 1.40. The molecule has 0 unspecified atom stereocenters. The van der Waals surface area contributed by atoms with Crippen molar-refractivity contribution in [1.29, 1.82) is 0 Å². The van der Waals surface area contributed by atoms with Crippen LogP contribution in [0.1, 0.15) is 30.7 Å². The summed E-state index contributed by atoms with van der Waals surface area (Å²) in [6, 6.07) is 0. The average Bonchev–Trinajstić information content (AvgIpc) is 2.76. The summed E-state index contributed by atoms with van der Waals surface area (Å²) in [5.74, 6) is 0.712. The molecule has 2 heterocycles. The Hall–Kier alpha value is -1.09. The highest BCUT2D eigenvalue weighted by atomic mass is 15.3. The molecule has 0 spiro atoms. The second-order valence-corrected chi connectivity index (χ2v) is 4.14. The van der Waals surface area contributed by atoms with Crippen LogP contribution in [0.15, 0.2) is 25.0 Å². The minimum atomic E-state index is 0.712. The molecule has 3 heteroatoms. The molecule has 1 saturated heterocycles. The zero-order chi connectivity index (χ0) is 10.5. The van der Waals surface area contributed by atoms with Crippen LogP contribution in [0.3, 0.4) is 0 Å². The molecule has 0 amide bonds. The maximum Gasteiger partial charge on any atom is 0.0524 e. The smallest absolute Gasteiger partial charge is 0.0524 e. The highest BCUT2D eigenvalue weighted by Gasteiger charge is 2.16. The molecule has 1 aromatic heterocycles. The van der Waals surface area contributed by atoms with Gasteiger partial charge in [-0.1, -0.05) is 6.08 Å². The molecule has 1 aromatic rings. The van der Waals surface area contributed by atoms with Gasteiger partial charge < -0.3 is 5.32 Å². The Balaban J connectivity index is 1.95. The number of nitrogens with one attached hydrogen (secondary N) is 1. The molecule has 1 aliphatic rings. The van der Waals surface area contributed by atoms with Crippen molar-refractivity contribution in [3.8, 4) is 0 Å². The van der Waals surface area contributed by atoms with E-state index < -0.39 is 0 Å². The van der Waals surface area contributed by atoms with E-state index in [4.69, 9.17) is 0 Å². The van der Waals surface area contributed by atoms with Crippen molar-refractivity contribution in [2.24, 2.45) is 0 Å². The SMILES string of the molecule is C=CCCn1cc(C2CCNCC2)cn1. The minimum Gasteiger partial charge on any atom is -0.317 e. The van der Waals surface area contributed by atoms with Crippen LogP contribution in [-0.2, 0) is 6.54 Å². The first-order valence-electron chi connectivity index (χ1n) is 5.74. The lowest BCUT2D eigenvalue weighted by molar-refractivity contribution is 0.460. The van der Waals surface area contributed by atoms with Gasteiger partial charge in [0.1, 0.15) is 0 Å². The number of piperidine rings is 1. The van der Waals surface area contributed by atoms with Crippen molar-refractivity contribution in [1.82, 2.24) is 15.1 Å². The number of hydrogen-bond donors (Lipinski definition) is 1. The second-order valence-electron chi connectivity index (χ2n) is 4.14. The van der Waals surface area contributed by atoms with Crippen LogP contribution in [0.4, 0.5) is 0 Å². The van der Waals surface area contributed by atoms with Crippen LogP contribution in [0.25, 0.3) is 0 Å². The predicted octanol–water partition coefficient (Wildman–Crippen LogP) is 1.93. The Morgan fingerprint density at radius 1 is 1.53 bits per heavy atom. The molecule has 0 saturated carbocycles. The van der Waals surface area contributed by atoms with Crippen LogP contribution in [-0.4, -0.2) is 22.9 Å². The number of aromatic nitrogens is 2. The van der Waals surface area contributed by atoms with Crippen molar-refractivity contribution in [2.75, 3.05) is 13.1 Å². The largest absolute Gasteiger partial charge is 0.317 e. The summed E-state index contributed by atoms with van der Waals surface area (Å²) in [4.78, 5) is 0. The van der Waals surface area contributed by atoms with Gasteiger partial charge in [-0.3, -0.25) is 4.68 Å². The normalized spacial score (nSPS) is 17.9. The monoisotopic (exact) mass is 205 g/mol. The molecular formula is C12H19N3. The summed E-state index contributed by atoms with van der Waals surface area (Å²) in [6.45, 7) is 6.96. The zero-order valence-corrected chi connectivity index (χ0v) is 9.15. The topological polar surface area (TPSA) is 29.9 Å². The molecule has 0 aromatic carbocycles. The van der Waals surface area contributed by atoms with Gasteiger partial charge in [-0.25, -0.2) is 0 Å². The highest BCUT2D eigenvalue weighted by Crippen LogP contribution is 2.24. The zero-order valence-electron chi connectivity index (χ0n) is 9.15. The highest BCUT2D eigenvalue weighted by molar-refractivity contribution is 5.12. The van der Waals surface area contributed by atoms with Crippen LogP contribution in [0, 0.1) is 0 Å². The van der Waals surface area contributed by atoms with E-state index in [0.29, 0.717) is 5.92 Å². The molecule has 1 fully saturated rings. The van der Waals surface area contributed by atoms with Crippen LogP contribution in [0.2, 0.25) is 0 Å². The molecule has 3 nitrogen and oxygen atoms in total. The number of aryl methyl sites for hydroxylation is 1. The van der Waals surface area contributed by atoms with Crippen molar-refractivity contribution >= 4 is 0 Å². The lowest BCUT2D eigenvalue weighted by Crippen LogP contribution is -2.26. The molecule has 15 heavy (non-hydrogen) atoms. The van der Waals surface area contributed by atoms with Gasteiger partial charge in [-0.15, -0.1) is 6.58 Å². The molecule has 82 valence electrons. The van der Waals surface area contributed by atoms with Crippen LogP contribution < -0.4 is 5.32 Å². The van der Waals surface area contributed by atoms with E-state index >= 15 is 0 Å². The minimum absolute atomic E-state index is 0.712. The van der Waals surface area contributed by atoms with Gasteiger partial charge in [0.15, 0.2) is 0 Å². The summed E-state index contributed by atoms with van der Waals surface area (Å²) >= 11 is 0. The van der Waals surface area contributed by atoms with Gasteiger partial charge >= 0.3 is 0 Å². The third-order valence-corrected chi connectivity index (χ3v) is 3.03. The molecule has 2 rings (SSSR count). The fraction of sp³-hybridized carbons (Fsp3) is 0.583. The Morgan fingerprint density at radius 3 is 3.07 bits per heavy atom. The quantitative estimate of drug-likeness (QED) is 0.761. The Labute approximate surface area is 91.2 Å². The van der Waals surface area contributed by atoms with Crippen molar-refractivity contribution in [2.45, 2.75) is 31.7 Å². The van der Waals surface area contributed by atoms with Crippen LogP contribution in [0.5, 0.6) is 0 Å². The van der Waals surface area contributed by atoms with Crippen molar-refractivity contribution in [3.05, 3.63) is 30.6 Å². The maximum atomic E-state index is 4.38. The summed E-state index contributed by atoms with van der Waals surface area (Å²) in [6.07, 6.45) is 9.64. The van der Waals surface area contributed by atoms with E-state index in [2.05, 4.69) is 23.2 Å². The third kappa shape index (κ3) is 2.69. The summed E-state index contributed by atoms with van der Waals surface area (Å²) in [7, 11) is 0. The first kappa shape index (κ1) is 10.4. The Bertz CT molecular complexity index is 310. The Kier molecular flexibility index (Phi) is 3.56. The van der Waals surface area contributed by atoms with Gasteiger partial charge in [0.2, 0.25) is 0 Å². The van der Waals surface area contributed by atoms with Crippen molar-refractivity contribution in [3.63, 3.8) is 0 Å². The number of nitrogens with zero attached hydrogens (tertiary/aromatic N) is 2. The van der Waals surface area contributed by atoms with Gasteiger partial charge in [0.05, 0.1) is 6.20 Å². The van der Waals surface area contributed by atoms with E-state index in [0.717, 1.165) is 26.1 Å². The lowest BCUT2D eigenvalue weighted by Gasteiger charge is -2.21. The first-order valence-corrected chi connectivity index (χ1v) is 5.74. The Morgan fingerprint density at radius 2 is 2.33 bits per heavy atom. The maximum absolute atomic E-state index is 4.38. The second kappa shape index (κ2) is 5.12.